The first-order valence-corrected chi connectivity index (χ1v) is 20.3. The standard InChI is InChI=1S/C30H48NO6PS2Si/c1-12-20-34-28(33)27(38(35-13-2,36-14-3)23-18-16-15-17-19-23)31-25(21(4)29(39)40-9)24(26(31)32)22(5)37-41(10,11)30(6,7)8/h12,15-19,21-22,24-25H,1,13-14,20H2,2-11H3/t21-,22-,24-,25-/m1/s1. The van der Waals surface area contributed by atoms with Crippen LogP contribution in [0.3, 0.4) is 0 Å². The molecule has 1 aliphatic heterocycles. The van der Waals surface area contributed by atoms with Crippen LogP contribution in [0.2, 0.25) is 18.1 Å². The van der Waals surface area contributed by atoms with E-state index in [4.69, 9.17) is 30.4 Å². The molecule has 0 spiro atoms. The molecule has 41 heavy (non-hydrogen) atoms. The number of carbonyl (C=O) groups excluding carboxylic acids is 2. The fourth-order valence-corrected chi connectivity index (χ4v) is 9.86. The molecule has 0 saturated carbocycles. The number of rotatable bonds is 14. The molecule has 1 heterocycles. The summed E-state index contributed by atoms with van der Waals surface area (Å²) in [6, 6.07) is 8.92. The van der Waals surface area contributed by atoms with Gasteiger partial charge in [-0.2, -0.15) is 0 Å². The average Bonchev–Trinajstić information content (AvgIpc) is 2.91. The van der Waals surface area contributed by atoms with Crippen LogP contribution in [0.1, 0.15) is 48.5 Å². The number of ether oxygens (including phenoxy) is 1. The molecule has 1 aromatic carbocycles. The van der Waals surface area contributed by atoms with Crippen LogP contribution in [-0.2, 0) is 27.8 Å². The zero-order valence-electron chi connectivity index (χ0n) is 26.3. The van der Waals surface area contributed by atoms with Gasteiger partial charge in [0.2, 0.25) is 5.91 Å². The summed E-state index contributed by atoms with van der Waals surface area (Å²) in [4.78, 5) is 29.9. The van der Waals surface area contributed by atoms with Gasteiger partial charge in [0.15, 0.2) is 21.1 Å². The molecular formula is C30H48NO6PS2Si. The fraction of sp³-hybridized carbons (Fsp3) is 0.600. The highest BCUT2D eigenvalue weighted by Crippen LogP contribution is 2.54. The summed E-state index contributed by atoms with van der Waals surface area (Å²) in [6.07, 6.45) is 3.04. The number of amides is 1. The van der Waals surface area contributed by atoms with E-state index in [-0.39, 0.29) is 48.2 Å². The van der Waals surface area contributed by atoms with E-state index >= 15 is 0 Å². The highest BCUT2D eigenvalue weighted by Gasteiger charge is 2.59. The van der Waals surface area contributed by atoms with Crippen LogP contribution in [-0.4, -0.2) is 72.9 Å². The van der Waals surface area contributed by atoms with Crippen molar-refractivity contribution in [3.63, 3.8) is 0 Å². The molecule has 0 N–H and O–H groups in total. The van der Waals surface area contributed by atoms with E-state index in [0.29, 0.717) is 5.30 Å². The first kappa shape index (κ1) is 35.9. The van der Waals surface area contributed by atoms with Crippen LogP contribution < -0.4 is 5.30 Å². The minimum atomic E-state index is -3.32. The molecule has 4 atom stereocenters. The predicted molar refractivity (Wildman–Crippen MR) is 180 cm³/mol. The second-order valence-corrected chi connectivity index (χ2v) is 20.4. The molecule has 11 heteroatoms. The molecule has 7 nitrogen and oxygen atoms in total. The number of β-lactam (4-membered cyclic amide) rings is 1. The van der Waals surface area contributed by atoms with E-state index in [0.717, 1.165) is 4.20 Å². The van der Waals surface area contributed by atoms with Crippen LogP contribution >= 0.6 is 31.3 Å². The van der Waals surface area contributed by atoms with Crippen molar-refractivity contribution in [2.24, 2.45) is 11.8 Å². The van der Waals surface area contributed by atoms with Gasteiger partial charge in [0.05, 0.1) is 35.5 Å². The number of carbonyl (C=O) groups is 2. The van der Waals surface area contributed by atoms with Crippen molar-refractivity contribution < 1.29 is 27.8 Å². The largest absolute Gasteiger partial charge is 0.457 e. The summed E-state index contributed by atoms with van der Waals surface area (Å²) in [5.41, 5.74) is 0.0933. The minimum Gasteiger partial charge on any atom is -0.457 e. The van der Waals surface area contributed by atoms with Gasteiger partial charge in [-0.25, -0.2) is 4.79 Å². The van der Waals surface area contributed by atoms with Gasteiger partial charge in [-0.1, -0.05) is 82.9 Å². The Morgan fingerprint density at radius 1 is 1.17 bits per heavy atom. The number of benzene rings is 1. The van der Waals surface area contributed by atoms with Gasteiger partial charge in [0.25, 0.3) is 0 Å². The molecule has 1 aromatic rings. The second-order valence-electron chi connectivity index (χ2n) is 11.6. The average molecular weight is 642 g/mol. The number of thioether (sulfide) groups is 1. The Balaban J connectivity index is 2.88. The summed E-state index contributed by atoms with van der Waals surface area (Å²) in [7, 11) is -5.53. The lowest BCUT2D eigenvalue weighted by Gasteiger charge is -2.54. The molecule has 1 aliphatic rings. The van der Waals surface area contributed by atoms with E-state index in [2.05, 4.69) is 40.4 Å². The Morgan fingerprint density at radius 3 is 2.20 bits per heavy atom. The third-order valence-corrected chi connectivity index (χ3v) is 17.2. The number of likely N-dealkylation sites (tertiary alicyclic amines) is 1. The van der Waals surface area contributed by atoms with E-state index < -0.39 is 33.6 Å². The highest BCUT2D eigenvalue weighted by molar-refractivity contribution is 8.22. The van der Waals surface area contributed by atoms with Gasteiger partial charge >= 0.3 is 5.97 Å². The van der Waals surface area contributed by atoms with Crippen LogP contribution in [0.25, 0.3) is 0 Å². The number of hydrogen-bond donors (Lipinski definition) is 0. The van der Waals surface area contributed by atoms with Gasteiger partial charge < -0.3 is 18.2 Å². The van der Waals surface area contributed by atoms with Crippen LogP contribution in [0.15, 0.2) is 43.0 Å². The summed E-state index contributed by atoms with van der Waals surface area (Å²) >= 11 is 7.24. The third-order valence-electron chi connectivity index (χ3n) is 7.81. The van der Waals surface area contributed by atoms with Crippen molar-refractivity contribution in [1.82, 2.24) is 4.90 Å². The zero-order valence-corrected chi connectivity index (χ0v) is 29.8. The lowest BCUT2D eigenvalue weighted by atomic mass is 9.77. The Morgan fingerprint density at radius 2 is 1.73 bits per heavy atom. The third kappa shape index (κ3) is 7.64. The second kappa shape index (κ2) is 15.0. The van der Waals surface area contributed by atoms with Crippen LogP contribution in [0.4, 0.5) is 0 Å². The van der Waals surface area contributed by atoms with Gasteiger partial charge in [-0.3, -0.25) is 9.69 Å². The van der Waals surface area contributed by atoms with Crippen molar-refractivity contribution in [3.8, 4) is 0 Å². The summed E-state index contributed by atoms with van der Waals surface area (Å²) < 4.78 is 26.0. The molecule has 1 amide bonds. The van der Waals surface area contributed by atoms with Crippen molar-refractivity contribution in [2.75, 3.05) is 26.1 Å². The highest BCUT2D eigenvalue weighted by atomic mass is 32.2. The van der Waals surface area contributed by atoms with Gasteiger partial charge in [-0.05, 0) is 45.2 Å². The number of esters is 1. The maximum Gasteiger partial charge on any atom is 0.360 e. The molecule has 0 radical (unpaired) electrons. The summed E-state index contributed by atoms with van der Waals surface area (Å²) in [5, 5.41) is 0.655. The van der Waals surface area contributed by atoms with Gasteiger partial charge in [0, 0.05) is 11.2 Å². The van der Waals surface area contributed by atoms with Gasteiger partial charge in [-0.15, -0.1) is 11.8 Å². The minimum absolute atomic E-state index is 0.0187. The number of nitrogens with zero attached hydrogens (tertiary/aromatic N) is 1. The maximum absolute atomic E-state index is 14.3. The molecular weight excluding hydrogens is 594 g/mol. The molecule has 0 aromatic heterocycles. The molecule has 1 fully saturated rings. The molecule has 2 rings (SSSR count). The molecule has 1 saturated heterocycles. The Bertz CT molecular complexity index is 1140. The van der Waals surface area contributed by atoms with Crippen LogP contribution in [0, 0.1) is 11.8 Å². The van der Waals surface area contributed by atoms with Crippen molar-refractivity contribution >= 4 is 66.4 Å². The summed E-state index contributed by atoms with van der Waals surface area (Å²) in [5.74, 6) is -1.62. The fourth-order valence-electron chi connectivity index (χ4n) is 4.81. The maximum atomic E-state index is 14.3. The number of thiocarbonyl (C=S) groups is 1. The van der Waals surface area contributed by atoms with Crippen molar-refractivity contribution in [2.45, 2.75) is 78.7 Å². The monoisotopic (exact) mass is 641 g/mol. The van der Waals surface area contributed by atoms with E-state index in [1.165, 1.54) is 17.8 Å². The summed E-state index contributed by atoms with van der Waals surface area (Å²) in [6.45, 7) is 22.7. The molecule has 0 bridgehead atoms. The smallest absolute Gasteiger partial charge is 0.360 e. The van der Waals surface area contributed by atoms with E-state index in [1.807, 2.05) is 64.3 Å². The van der Waals surface area contributed by atoms with Crippen molar-refractivity contribution in [1.29, 1.82) is 0 Å². The first-order chi connectivity index (χ1) is 19.1. The molecule has 0 unspecified atom stereocenters. The number of hydrogen-bond acceptors (Lipinski definition) is 8. The SMILES string of the molecule is C=CCOC(=O)C(N1C(=O)[C@H]([C@@H](C)O[Si](C)(C)C(C)(C)C)[C@H]1[C@@H](C)C(=S)SC)=P(OCC)(OCC)c1ccccc1. The Hall–Kier alpha value is -1.26. The molecule has 230 valence electrons. The quantitative estimate of drug-likeness (QED) is 0.0558. The normalized spacial score (nSPS) is 19.3. The predicted octanol–water partition coefficient (Wildman–Crippen LogP) is 6.66. The van der Waals surface area contributed by atoms with Gasteiger partial charge in [0.1, 0.15) is 6.61 Å². The zero-order chi connectivity index (χ0) is 31.2. The lowest BCUT2D eigenvalue weighted by molar-refractivity contribution is -0.158. The lowest BCUT2D eigenvalue weighted by Crippen LogP contribution is -2.71. The van der Waals surface area contributed by atoms with E-state index in [9.17, 15) is 9.59 Å². The van der Waals surface area contributed by atoms with E-state index in [1.54, 1.807) is 4.90 Å². The topological polar surface area (TPSA) is 74.3 Å². The first-order valence-electron chi connectivity index (χ1n) is 14.1. The van der Waals surface area contributed by atoms with Crippen molar-refractivity contribution in [3.05, 3.63) is 43.0 Å². The Kier molecular flexibility index (Phi) is 13.1. The Labute approximate surface area is 258 Å². The van der Waals surface area contributed by atoms with Crippen LogP contribution in [0.5, 0.6) is 0 Å². The molecule has 0 aliphatic carbocycles.